The van der Waals surface area contributed by atoms with E-state index in [1.165, 1.54) is 0 Å². The first-order chi connectivity index (χ1) is 10.8. The Balaban J connectivity index is 3.12. The van der Waals surface area contributed by atoms with Crippen molar-refractivity contribution in [1.29, 1.82) is 0 Å². The van der Waals surface area contributed by atoms with Crippen molar-refractivity contribution >= 4 is 11.6 Å². The highest BCUT2D eigenvalue weighted by molar-refractivity contribution is 5.82. The van der Waals surface area contributed by atoms with Crippen LogP contribution in [0.2, 0.25) is 0 Å². The minimum absolute atomic E-state index is 0.0982. The second-order valence-electron chi connectivity index (χ2n) is 8.63. The Bertz CT molecular complexity index is 593. The predicted octanol–water partition coefficient (Wildman–Crippen LogP) is 4.43. The maximum atomic E-state index is 11.9. The lowest BCUT2D eigenvalue weighted by atomic mass is 9.78. The van der Waals surface area contributed by atoms with Crippen LogP contribution >= 0.6 is 0 Å². The maximum Gasteiger partial charge on any atom is 0.240 e. The number of carbonyl (C=O) groups is 1. The Morgan fingerprint density at radius 3 is 1.88 bits per heavy atom. The molecule has 134 valence electrons. The van der Waals surface area contributed by atoms with Crippen LogP contribution in [0.4, 0.5) is 0 Å². The number of aryl methyl sites for hydroxylation is 1. The monoisotopic (exact) mass is 332 g/mol. The predicted molar refractivity (Wildman–Crippen MR) is 101 cm³/mol. The lowest BCUT2D eigenvalue weighted by Crippen LogP contribution is -2.20. The second kappa shape index (κ2) is 7.37. The highest BCUT2D eigenvalue weighted by atomic mass is 16.3. The summed E-state index contributed by atoms with van der Waals surface area (Å²) in [6.45, 7) is 16.2. The molecule has 0 atom stereocenters. The Morgan fingerprint density at radius 2 is 1.50 bits per heavy atom. The summed E-state index contributed by atoms with van der Waals surface area (Å²) in [5.41, 5.74) is 5.96. The molecular formula is C20H32N2O2. The molecule has 0 fully saturated rings. The molecule has 0 aliphatic carbocycles. The number of nitrogens with zero attached hydrogens (tertiary/aromatic N) is 1. The number of hydrogen-bond donors (Lipinski definition) is 2. The van der Waals surface area contributed by atoms with Crippen LogP contribution in [0.3, 0.4) is 0 Å². The number of hydrazone groups is 1. The minimum atomic E-state index is -0.161. The van der Waals surface area contributed by atoms with Gasteiger partial charge in [-0.1, -0.05) is 53.7 Å². The van der Waals surface area contributed by atoms with E-state index >= 15 is 0 Å². The molecule has 24 heavy (non-hydrogen) atoms. The third-order valence-electron chi connectivity index (χ3n) is 3.83. The smallest absolute Gasteiger partial charge is 0.240 e. The normalized spacial score (nSPS) is 12.0. The summed E-state index contributed by atoms with van der Waals surface area (Å²) in [6, 6.07) is 4.04. The van der Waals surface area contributed by atoms with Gasteiger partial charge in [-0.05, 0) is 47.8 Å². The molecule has 1 aromatic carbocycles. The molecule has 0 bridgehead atoms. The van der Waals surface area contributed by atoms with Crippen molar-refractivity contribution < 1.29 is 9.90 Å². The maximum absolute atomic E-state index is 11.9. The van der Waals surface area contributed by atoms with Crippen LogP contribution in [-0.4, -0.2) is 16.7 Å². The molecule has 1 rings (SSSR count). The molecule has 0 spiro atoms. The zero-order valence-electron chi connectivity index (χ0n) is 16.4. The van der Waals surface area contributed by atoms with Gasteiger partial charge in [0.2, 0.25) is 5.91 Å². The molecule has 0 heterocycles. The molecule has 0 aliphatic rings. The van der Waals surface area contributed by atoms with E-state index in [1.54, 1.807) is 0 Å². The quantitative estimate of drug-likeness (QED) is 0.633. The van der Waals surface area contributed by atoms with Gasteiger partial charge in [-0.15, -0.1) is 0 Å². The van der Waals surface area contributed by atoms with Crippen molar-refractivity contribution in [2.75, 3.05) is 0 Å². The van der Waals surface area contributed by atoms with Crippen LogP contribution in [0.5, 0.6) is 5.75 Å². The number of phenols is 1. The molecule has 4 heteroatoms. The van der Waals surface area contributed by atoms with Crippen LogP contribution in [0.15, 0.2) is 17.2 Å². The molecule has 1 amide bonds. The summed E-state index contributed by atoms with van der Waals surface area (Å²) in [6.07, 6.45) is 0.991. The van der Waals surface area contributed by atoms with Gasteiger partial charge in [0.05, 0.1) is 0 Å². The Kier molecular flexibility index (Phi) is 6.20. The molecule has 1 aromatic rings. The number of phenolic OH excluding ortho intramolecular Hbond substituents is 1. The first kappa shape index (κ1) is 20.2. The molecule has 0 aliphatic heterocycles. The topological polar surface area (TPSA) is 61.7 Å². The van der Waals surface area contributed by atoms with Gasteiger partial charge in [-0.25, -0.2) is 5.43 Å². The van der Waals surface area contributed by atoms with Gasteiger partial charge >= 0.3 is 0 Å². The van der Waals surface area contributed by atoms with Crippen molar-refractivity contribution in [3.05, 3.63) is 28.8 Å². The van der Waals surface area contributed by atoms with E-state index in [4.69, 9.17) is 0 Å². The number of nitrogens with one attached hydrogen (secondary N) is 1. The van der Waals surface area contributed by atoms with E-state index in [0.29, 0.717) is 18.6 Å². The summed E-state index contributed by atoms with van der Waals surface area (Å²) < 4.78 is 0. The summed E-state index contributed by atoms with van der Waals surface area (Å²) in [7, 11) is 0. The van der Waals surface area contributed by atoms with Gasteiger partial charge in [-0.3, -0.25) is 4.79 Å². The largest absolute Gasteiger partial charge is 0.507 e. The molecule has 0 aromatic heterocycles. The molecule has 0 saturated carbocycles. The summed E-state index contributed by atoms with van der Waals surface area (Å²) >= 11 is 0. The van der Waals surface area contributed by atoms with E-state index in [1.807, 2.05) is 26.0 Å². The fourth-order valence-electron chi connectivity index (χ4n) is 2.47. The highest BCUT2D eigenvalue weighted by Gasteiger charge is 2.26. The molecule has 2 N–H and O–H groups in total. The average molecular weight is 332 g/mol. The van der Waals surface area contributed by atoms with Crippen molar-refractivity contribution in [2.24, 2.45) is 5.10 Å². The Morgan fingerprint density at radius 1 is 1.04 bits per heavy atom. The fraction of sp³-hybridized carbons (Fsp3) is 0.600. The van der Waals surface area contributed by atoms with Gasteiger partial charge in [0, 0.05) is 12.1 Å². The summed E-state index contributed by atoms with van der Waals surface area (Å²) in [5, 5.41) is 14.7. The van der Waals surface area contributed by atoms with E-state index in [2.05, 4.69) is 52.1 Å². The Labute approximate surface area is 146 Å². The Hall–Kier alpha value is -1.84. The summed E-state index contributed by atoms with van der Waals surface area (Å²) in [5.74, 6) is 0.272. The lowest BCUT2D eigenvalue weighted by Gasteiger charge is -2.28. The van der Waals surface area contributed by atoms with Gasteiger partial charge in [0.25, 0.3) is 0 Å². The SMILES string of the molecule is CC(C)=NNC(=O)CCc1cc(C(C)(C)C)c(O)c(C(C)(C)C)c1. The first-order valence-corrected chi connectivity index (χ1v) is 8.49. The average Bonchev–Trinajstić information content (AvgIpc) is 2.41. The van der Waals surface area contributed by atoms with Crippen molar-refractivity contribution in [1.82, 2.24) is 5.43 Å². The number of amides is 1. The molecule has 0 saturated heterocycles. The minimum Gasteiger partial charge on any atom is -0.507 e. The van der Waals surface area contributed by atoms with Crippen LogP contribution in [0, 0.1) is 0 Å². The molecule has 0 unspecified atom stereocenters. The molecular weight excluding hydrogens is 300 g/mol. The fourth-order valence-corrected chi connectivity index (χ4v) is 2.47. The standard InChI is InChI=1S/C20H32N2O2/c1-13(2)21-22-17(23)10-9-14-11-15(19(3,4)5)18(24)16(12-14)20(6,7)8/h11-12,24H,9-10H2,1-8H3,(H,22,23). The van der Waals surface area contributed by atoms with Crippen molar-refractivity contribution in [2.45, 2.75) is 79.1 Å². The molecule has 0 radical (unpaired) electrons. The van der Waals surface area contributed by atoms with Crippen LogP contribution in [0.25, 0.3) is 0 Å². The number of hydrogen-bond acceptors (Lipinski definition) is 3. The number of benzene rings is 1. The van der Waals surface area contributed by atoms with Crippen molar-refractivity contribution in [3.8, 4) is 5.75 Å². The van der Waals surface area contributed by atoms with Crippen molar-refractivity contribution in [3.63, 3.8) is 0 Å². The van der Waals surface area contributed by atoms with Crippen LogP contribution in [0.1, 0.15) is 78.5 Å². The zero-order chi connectivity index (χ0) is 18.7. The van der Waals surface area contributed by atoms with E-state index in [0.717, 1.165) is 22.4 Å². The third-order valence-corrected chi connectivity index (χ3v) is 3.83. The lowest BCUT2D eigenvalue weighted by molar-refractivity contribution is -0.121. The zero-order valence-corrected chi connectivity index (χ0v) is 16.4. The van der Waals surface area contributed by atoms with Crippen LogP contribution < -0.4 is 5.43 Å². The highest BCUT2D eigenvalue weighted by Crippen LogP contribution is 2.39. The number of aromatic hydroxyl groups is 1. The van der Waals surface area contributed by atoms with Gasteiger partial charge in [-0.2, -0.15) is 5.10 Å². The third kappa shape index (κ3) is 5.66. The van der Waals surface area contributed by atoms with E-state index < -0.39 is 0 Å². The van der Waals surface area contributed by atoms with Gasteiger partial charge in [0.1, 0.15) is 5.75 Å². The first-order valence-electron chi connectivity index (χ1n) is 8.49. The number of carbonyl (C=O) groups excluding carboxylic acids is 1. The second-order valence-corrected chi connectivity index (χ2v) is 8.63. The number of rotatable bonds is 4. The van der Waals surface area contributed by atoms with Gasteiger partial charge in [0.15, 0.2) is 0 Å². The van der Waals surface area contributed by atoms with E-state index in [-0.39, 0.29) is 16.7 Å². The van der Waals surface area contributed by atoms with E-state index in [9.17, 15) is 9.90 Å². The molecule has 4 nitrogen and oxygen atoms in total. The summed E-state index contributed by atoms with van der Waals surface area (Å²) in [4.78, 5) is 11.9. The van der Waals surface area contributed by atoms with Crippen LogP contribution in [-0.2, 0) is 22.0 Å². The van der Waals surface area contributed by atoms with Gasteiger partial charge < -0.3 is 5.11 Å².